The van der Waals surface area contributed by atoms with Crippen molar-refractivity contribution >= 4 is 17.1 Å². The zero-order valence-electron chi connectivity index (χ0n) is 13.6. The third-order valence-electron chi connectivity index (χ3n) is 4.19. The summed E-state index contributed by atoms with van der Waals surface area (Å²) in [5.74, 6) is -0.957. The van der Waals surface area contributed by atoms with Crippen molar-refractivity contribution in [2.24, 2.45) is 0 Å². The monoisotopic (exact) mass is 346 g/mol. The maximum Gasteiger partial charge on any atom is 0.336 e. The van der Waals surface area contributed by atoms with Gasteiger partial charge in [0.15, 0.2) is 11.2 Å². The second kappa shape index (κ2) is 6.29. The van der Waals surface area contributed by atoms with E-state index in [1.54, 1.807) is 29.1 Å². The van der Waals surface area contributed by atoms with E-state index in [4.69, 9.17) is 0 Å². The summed E-state index contributed by atoms with van der Waals surface area (Å²) >= 11 is 0. The number of hydrogen-bond acceptors (Lipinski definition) is 4. The number of hydrogen-bond donors (Lipinski definition) is 2. The van der Waals surface area contributed by atoms with Gasteiger partial charge in [-0.1, -0.05) is 42.5 Å². The van der Waals surface area contributed by atoms with Gasteiger partial charge in [-0.3, -0.25) is 4.79 Å². The number of nitrogens with one attached hydrogen (secondary N) is 1. The molecule has 0 fully saturated rings. The molecule has 0 atom stereocenters. The lowest BCUT2D eigenvalue weighted by Crippen LogP contribution is -2.11. The summed E-state index contributed by atoms with van der Waals surface area (Å²) in [7, 11) is 0. The molecular weight excluding hydrogens is 332 g/mol. The van der Waals surface area contributed by atoms with Gasteiger partial charge in [0.2, 0.25) is 0 Å². The average molecular weight is 346 g/mol. The van der Waals surface area contributed by atoms with Crippen molar-refractivity contribution < 1.29 is 9.90 Å². The van der Waals surface area contributed by atoms with Crippen LogP contribution >= 0.6 is 0 Å². The van der Waals surface area contributed by atoms with Crippen LogP contribution in [-0.4, -0.2) is 30.6 Å². The number of benzene rings is 2. The molecule has 0 unspecified atom stereocenters. The second-order valence-electron chi connectivity index (χ2n) is 5.82. The summed E-state index contributed by atoms with van der Waals surface area (Å²) in [5, 5.41) is 9.33. The lowest BCUT2D eigenvalue weighted by atomic mass is 9.99. The standard InChI is InChI=1S/C19H14N4O3/c24-18-16-17(20-10-21-18)22-11-23(16)9-12-5-7-13(8-6-12)14-3-1-2-4-15(14)19(25)26/h1-8,10-11H,9H2,(H,25,26)(H,20,21,24). The Morgan fingerprint density at radius 3 is 2.62 bits per heavy atom. The molecule has 0 aliphatic heterocycles. The number of aromatic amines is 1. The number of aromatic nitrogens is 4. The van der Waals surface area contributed by atoms with Gasteiger partial charge in [-0.05, 0) is 22.8 Å². The first-order valence-corrected chi connectivity index (χ1v) is 7.93. The number of carboxylic acid groups (broad SMARTS) is 1. The fourth-order valence-corrected chi connectivity index (χ4v) is 2.95. The van der Waals surface area contributed by atoms with E-state index >= 15 is 0 Å². The van der Waals surface area contributed by atoms with Gasteiger partial charge in [-0.2, -0.15) is 0 Å². The fourth-order valence-electron chi connectivity index (χ4n) is 2.95. The number of nitrogens with zero attached hydrogens (tertiary/aromatic N) is 3. The molecule has 2 N–H and O–H groups in total. The van der Waals surface area contributed by atoms with Gasteiger partial charge in [-0.25, -0.2) is 14.8 Å². The van der Waals surface area contributed by atoms with Crippen molar-refractivity contribution in [3.63, 3.8) is 0 Å². The van der Waals surface area contributed by atoms with E-state index in [1.165, 1.54) is 6.33 Å². The molecule has 0 bridgehead atoms. The fraction of sp³-hybridized carbons (Fsp3) is 0.0526. The van der Waals surface area contributed by atoms with Crippen molar-refractivity contribution in [3.05, 3.63) is 82.7 Å². The molecule has 0 amide bonds. The summed E-state index contributed by atoms with van der Waals surface area (Å²) in [5.41, 5.74) is 3.30. The molecule has 0 aliphatic carbocycles. The molecular formula is C19H14N4O3. The minimum Gasteiger partial charge on any atom is -0.478 e. The Balaban J connectivity index is 1.67. The van der Waals surface area contributed by atoms with Gasteiger partial charge < -0.3 is 14.7 Å². The molecule has 0 spiro atoms. The summed E-state index contributed by atoms with van der Waals surface area (Å²) in [4.78, 5) is 34.1. The lowest BCUT2D eigenvalue weighted by Gasteiger charge is -2.08. The van der Waals surface area contributed by atoms with E-state index in [0.717, 1.165) is 11.1 Å². The number of fused-ring (bicyclic) bond motifs is 1. The normalized spacial score (nSPS) is 10.9. The van der Waals surface area contributed by atoms with Gasteiger partial charge in [-0.15, -0.1) is 0 Å². The molecule has 2 aromatic carbocycles. The van der Waals surface area contributed by atoms with Crippen LogP contribution in [0.2, 0.25) is 0 Å². The number of H-pyrrole nitrogens is 1. The van der Waals surface area contributed by atoms with Crippen LogP contribution in [0.25, 0.3) is 22.3 Å². The average Bonchev–Trinajstić information content (AvgIpc) is 3.06. The lowest BCUT2D eigenvalue weighted by molar-refractivity contribution is 0.0697. The highest BCUT2D eigenvalue weighted by molar-refractivity contribution is 5.96. The molecule has 4 aromatic rings. The number of carbonyl (C=O) groups is 1. The third-order valence-corrected chi connectivity index (χ3v) is 4.19. The Hall–Kier alpha value is -3.74. The van der Waals surface area contributed by atoms with E-state index < -0.39 is 5.97 Å². The van der Waals surface area contributed by atoms with Crippen LogP contribution in [-0.2, 0) is 6.54 Å². The highest BCUT2D eigenvalue weighted by atomic mass is 16.4. The van der Waals surface area contributed by atoms with E-state index in [9.17, 15) is 14.7 Å². The predicted octanol–water partition coefficient (Wildman–Crippen LogP) is 2.53. The Labute approximate surface area is 147 Å². The molecule has 0 aliphatic rings. The molecule has 0 radical (unpaired) electrons. The van der Waals surface area contributed by atoms with Gasteiger partial charge in [0.05, 0.1) is 18.2 Å². The zero-order valence-corrected chi connectivity index (χ0v) is 13.6. The molecule has 26 heavy (non-hydrogen) atoms. The summed E-state index contributed by atoms with van der Waals surface area (Å²) in [6.45, 7) is 0.464. The molecule has 128 valence electrons. The van der Waals surface area contributed by atoms with Crippen LogP contribution in [0.3, 0.4) is 0 Å². The van der Waals surface area contributed by atoms with Gasteiger partial charge in [0.1, 0.15) is 0 Å². The summed E-state index contributed by atoms with van der Waals surface area (Å²) in [6, 6.07) is 14.4. The topological polar surface area (TPSA) is 101 Å². The second-order valence-corrected chi connectivity index (χ2v) is 5.82. The molecule has 7 nitrogen and oxygen atoms in total. The van der Waals surface area contributed by atoms with Gasteiger partial charge >= 0.3 is 5.97 Å². The van der Waals surface area contributed by atoms with Crippen LogP contribution in [0.5, 0.6) is 0 Å². The van der Waals surface area contributed by atoms with Gasteiger partial charge in [0, 0.05) is 6.54 Å². The summed E-state index contributed by atoms with van der Waals surface area (Å²) < 4.78 is 1.74. The number of aromatic carboxylic acids is 1. The Bertz CT molecular complexity index is 1160. The quantitative estimate of drug-likeness (QED) is 0.591. The van der Waals surface area contributed by atoms with Crippen molar-refractivity contribution in [2.45, 2.75) is 6.54 Å². The highest BCUT2D eigenvalue weighted by Crippen LogP contribution is 2.24. The Morgan fingerprint density at radius 1 is 1.08 bits per heavy atom. The van der Waals surface area contributed by atoms with E-state index in [0.29, 0.717) is 23.3 Å². The minimum atomic E-state index is -0.957. The molecule has 0 saturated heterocycles. The van der Waals surface area contributed by atoms with Gasteiger partial charge in [0.25, 0.3) is 5.56 Å². The van der Waals surface area contributed by atoms with E-state index in [1.807, 2.05) is 30.3 Å². The number of rotatable bonds is 4. The Morgan fingerprint density at radius 2 is 1.85 bits per heavy atom. The zero-order chi connectivity index (χ0) is 18.1. The van der Waals surface area contributed by atoms with E-state index in [-0.39, 0.29) is 11.1 Å². The van der Waals surface area contributed by atoms with Crippen molar-refractivity contribution in [1.82, 2.24) is 19.5 Å². The minimum absolute atomic E-state index is 0.237. The molecule has 7 heteroatoms. The molecule has 0 saturated carbocycles. The van der Waals surface area contributed by atoms with Crippen LogP contribution in [0.4, 0.5) is 0 Å². The van der Waals surface area contributed by atoms with Crippen molar-refractivity contribution in [2.75, 3.05) is 0 Å². The SMILES string of the molecule is O=C(O)c1ccccc1-c1ccc(Cn2cnc3nc[nH]c(=O)c32)cc1. The first kappa shape index (κ1) is 15.8. The predicted molar refractivity (Wildman–Crippen MR) is 96.1 cm³/mol. The summed E-state index contributed by atoms with van der Waals surface area (Å²) in [6.07, 6.45) is 2.91. The number of imidazole rings is 1. The molecule has 2 heterocycles. The van der Waals surface area contributed by atoms with Crippen molar-refractivity contribution in [3.8, 4) is 11.1 Å². The molecule has 4 rings (SSSR count). The smallest absolute Gasteiger partial charge is 0.336 e. The maximum absolute atomic E-state index is 12.0. The van der Waals surface area contributed by atoms with Crippen LogP contribution in [0, 0.1) is 0 Å². The largest absolute Gasteiger partial charge is 0.478 e. The first-order valence-electron chi connectivity index (χ1n) is 7.93. The highest BCUT2D eigenvalue weighted by Gasteiger charge is 2.11. The van der Waals surface area contributed by atoms with E-state index in [2.05, 4.69) is 15.0 Å². The third kappa shape index (κ3) is 2.75. The molecule has 2 aromatic heterocycles. The van der Waals surface area contributed by atoms with Crippen LogP contribution in [0.15, 0.2) is 66.0 Å². The van der Waals surface area contributed by atoms with Crippen LogP contribution in [0.1, 0.15) is 15.9 Å². The Kier molecular flexibility index (Phi) is 3.81. The van der Waals surface area contributed by atoms with Crippen molar-refractivity contribution in [1.29, 1.82) is 0 Å². The first-order chi connectivity index (χ1) is 12.6. The van der Waals surface area contributed by atoms with Crippen LogP contribution < -0.4 is 5.56 Å². The maximum atomic E-state index is 12.0. The number of carboxylic acids is 1.